The van der Waals surface area contributed by atoms with E-state index in [1.165, 1.54) is 0 Å². The van der Waals surface area contributed by atoms with Gasteiger partial charge in [0.25, 0.3) is 6.49 Å². The molecule has 0 bridgehead atoms. The van der Waals surface area contributed by atoms with E-state index in [9.17, 15) is 0 Å². The molecule has 2 aromatic rings. The summed E-state index contributed by atoms with van der Waals surface area (Å²) in [4.78, 5) is 0. The summed E-state index contributed by atoms with van der Waals surface area (Å²) in [5.41, 5.74) is 2.66. The van der Waals surface area contributed by atoms with Crippen molar-refractivity contribution < 1.29 is 14.3 Å². The van der Waals surface area contributed by atoms with Gasteiger partial charge in [-0.05, 0) is 55.1 Å². The van der Waals surface area contributed by atoms with E-state index in [0.29, 0.717) is 18.0 Å². The molecule has 0 heterocycles. The molecule has 0 amide bonds. The quantitative estimate of drug-likeness (QED) is 0.631. The number of rotatable bonds is 6. The van der Waals surface area contributed by atoms with Crippen LogP contribution in [-0.2, 0) is 16.3 Å². The highest BCUT2D eigenvalue weighted by molar-refractivity contribution is 8.13. The molecule has 0 aliphatic rings. The average molecular weight is 309 g/mol. The molecule has 0 saturated heterocycles. The molecule has 0 spiro atoms. The summed E-state index contributed by atoms with van der Waals surface area (Å²) in [6, 6.07) is 16.5. The van der Waals surface area contributed by atoms with Crippen molar-refractivity contribution in [1.82, 2.24) is 0 Å². The highest BCUT2D eigenvalue weighted by Crippen LogP contribution is 2.47. The van der Waals surface area contributed by atoms with Crippen LogP contribution in [-0.4, -0.2) is 11.8 Å². The first-order valence-electron chi connectivity index (χ1n) is 6.18. The molecule has 2 rings (SSSR count). The van der Waals surface area contributed by atoms with Gasteiger partial charge in [0, 0.05) is 5.30 Å². The number of hydrogen-bond donors (Lipinski definition) is 2. The van der Waals surface area contributed by atoms with Gasteiger partial charge >= 0.3 is 0 Å². The van der Waals surface area contributed by atoms with E-state index in [1.807, 2.05) is 37.3 Å². The second-order valence-corrected chi connectivity index (χ2v) is 7.37. The molecule has 2 aromatic carbocycles. The number of benzene rings is 2. The number of nitrogens with one attached hydrogen (secondary N) is 1. The van der Waals surface area contributed by atoms with E-state index in [1.54, 1.807) is 24.3 Å². The Hall–Kier alpha value is -1.39. The van der Waals surface area contributed by atoms with E-state index in [-0.39, 0.29) is 0 Å². The van der Waals surface area contributed by atoms with Gasteiger partial charge in [-0.25, -0.2) is 0 Å². The van der Waals surface area contributed by atoms with Crippen molar-refractivity contribution in [1.29, 1.82) is 0 Å². The maximum atomic E-state index is 8.79. The molecule has 106 valence electrons. The van der Waals surface area contributed by atoms with Crippen LogP contribution >= 0.6 is 6.49 Å². The summed E-state index contributed by atoms with van der Waals surface area (Å²) in [5.74, 6) is 0.615. The average Bonchev–Trinajstić information content (AvgIpc) is 2.49. The molecule has 1 unspecified atom stereocenters. The van der Waals surface area contributed by atoms with Gasteiger partial charge in [-0.3, -0.25) is 10.7 Å². The van der Waals surface area contributed by atoms with Gasteiger partial charge in [-0.1, -0.05) is 18.2 Å². The van der Waals surface area contributed by atoms with Gasteiger partial charge in [0.05, 0.1) is 12.3 Å². The Kier molecular flexibility index (Phi) is 5.15. The molecule has 4 nitrogen and oxygen atoms in total. The zero-order valence-corrected chi connectivity index (χ0v) is 12.7. The van der Waals surface area contributed by atoms with Crippen molar-refractivity contribution >= 4 is 29.3 Å². The van der Waals surface area contributed by atoms with Crippen LogP contribution in [0.15, 0.2) is 54.6 Å². The fraction of sp³-hybridized carbons (Fsp3) is 0.143. The van der Waals surface area contributed by atoms with Crippen molar-refractivity contribution in [3.63, 3.8) is 0 Å². The van der Waals surface area contributed by atoms with Crippen LogP contribution in [0.5, 0.6) is 5.75 Å². The van der Waals surface area contributed by atoms with Crippen LogP contribution in [0, 0.1) is 0 Å². The summed E-state index contributed by atoms with van der Waals surface area (Å²) in [7, 11) is 0. The van der Waals surface area contributed by atoms with Gasteiger partial charge in [0.2, 0.25) is 0 Å². The van der Waals surface area contributed by atoms with Crippen molar-refractivity contribution in [3.05, 3.63) is 54.6 Å². The van der Waals surface area contributed by atoms with Gasteiger partial charge in [0.1, 0.15) is 5.75 Å². The molecule has 0 aliphatic carbocycles. The Morgan fingerprint density at radius 2 is 1.75 bits per heavy atom. The second-order valence-electron chi connectivity index (χ2n) is 3.98. The van der Waals surface area contributed by atoms with Crippen LogP contribution in [0.3, 0.4) is 0 Å². The highest BCUT2D eigenvalue weighted by atomic mass is 32.5. The molecule has 0 radical (unpaired) electrons. The van der Waals surface area contributed by atoms with Gasteiger partial charge in [0.15, 0.2) is 0 Å². The third-order valence-electron chi connectivity index (χ3n) is 2.58. The highest BCUT2D eigenvalue weighted by Gasteiger charge is 2.22. The zero-order chi connectivity index (χ0) is 14.4. The van der Waals surface area contributed by atoms with Crippen molar-refractivity contribution in [2.45, 2.75) is 6.92 Å². The zero-order valence-electron chi connectivity index (χ0n) is 11.0. The maximum absolute atomic E-state index is 8.79. The molecule has 1 atom stereocenters. The van der Waals surface area contributed by atoms with E-state index in [4.69, 9.17) is 26.1 Å². The van der Waals surface area contributed by atoms with Gasteiger partial charge < -0.3 is 9.05 Å². The Balaban J connectivity index is 2.27. The van der Waals surface area contributed by atoms with Gasteiger partial charge in [-0.15, -0.1) is 0 Å². The Bertz CT molecular complexity index is 589. The normalized spacial score (nSPS) is 13.5. The van der Waals surface area contributed by atoms with Crippen molar-refractivity contribution in [2.75, 3.05) is 12.1 Å². The predicted octanol–water partition coefficient (Wildman–Crippen LogP) is 3.54. The molecule has 2 N–H and O–H groups in total. The topological polar surface area (TPSA) is 50.7 Å². The molecule has 0 fully saturated rings. The standard InChI is InChI=1S/C14H16NO3PS/c1-2-17-19(20,14-6-4-3-5-7-14)18-13-10-8-12(15-16)9-11-13/h3-11,15-16H,2H2,1H3. The molecule has 0 aliphatic heterocycles. The third-order valence-corrected chi connectivity index (χ3v) is 5.73. The lowest BCUT2D eigenvalue weighted by Crippen LogP contribution is -2.11. The van der Waals surface area contributed by atoms with Gasteiger partial charge in [-0.2, -0.15) is 0 Å². The summed E-state index contributed by atoms with van der Waals surface area (Å²) < 4.78 is 11.6. The Morgan fingerprint density at radius 1 is 1.10 bits per heavy atom. The molecule has 20 heavy (non-hydrogen) atoms. The van der Waals surface area contributed by atoms with Crippen molar-refractivity contribution in [3.8, 4) is 5.75 Å². The molecule has 6 heteroatoms. The van der Waals surface area contributed by atoms with E-state index >= 15 is 0 Å². The predicted molar refractivity (Wildman–Crippen MR) is 84.5 cm³/mol. The minimum absolute atomic E-state index is 0.489. The summed E-state index contributed by atoms with van der Waals surface area (Å²) in [6.07, 6.45) is 0. The lowest BCUT2D eigenvalue weighted by molar-refractivity contribution is 0.339. The summed E-state index contributed by atoms with van der Waals surface area (Å²) >= 11 is 5.61. The lowest BCUT2D eigenvalue weighted by atomic mass is 10.3. The molecular formula is C14H16NO3PS. The lowest BCUT2D eigenvalue weighted by Gasteiger charge is -2.22. The first-order valence-corrected chi connectivity index (χ1v) is 8.81. The first-order chi connectivity index (χ1) is 9.68. The number of hydrogen-bond acceptors (Lipinski definition) is 5. The fourth-order valence-electron chi connectivity index (χ4n) is 1.66. The maximum Gasteiger partial charge on any atom is 0.269 e. The van der Waals surface area contributed by atoms with Crippen LogP contribution in [0.4, 0.5) is 5.69 Å². The number of anilines is 1. The van der Waals surface area contributed by atoms with E-state index in [0.717, 1.165) is 5.30 Å². The first kappa shape index (κ1) is 15.0. The van der Waals surface area contributed by atoms with Crippen LogP contribution in [0.1, 0.15) is 6.92 Å². The van der Waals surface area contributed by atoms with Crippen LogP contribution < -0.4 is 15.3 Å². The SMILES string of the molecule is CCOP(=S)(Oc1ccc(NO)cc1)c1ccccc1. The second kappa shape index (κ2) is 6.86. The molecule has 0 aromatic heterocycles. The summed E-state index contributed by atoms with van der Waals surface area (Å²) in [6.45, 7) is -0.183. The summed E-state index contributed by atoms with van der Waals surface area (Å²) in [5, 5.41) is 9.67. The van der Waals surface area contributed by atoms with Crippen LogP contribution in [0.25, 0.3) is 0 Å². The smallest absolute Gasteiger partial charge is 0.269 e. The Labute approximate surface area is 123 Å². The van der Waals surface area contributed by atoms with E-state index < -0.39 is 6.49 Å². The monoisotopic (exact) mass is 309 g/mol. The fourth-order valence-corrected chi connectivity index (χ4v) is 4.19. The minimum atomic E-state index is -2.57. The van der Waals surface area contributed by atoms with Crippen molar-refractivity contribution in [2.24, 2.45) is 0 Å². The molecule has 0 saturated carbocycles. The minimum Gasteiger partial charge on any atom is -0.440 e. The Morgan fingerprint density at radius 3 is 2.30 bits per heavy atom. The van der Waals surface area contributed by atoms with Crippen LogP contribution in [0.2, 0.25) is 0 Å². The van der Waals surface area contributed by atoms with E-state index in [2.05, 4.69) is 5.48 Å². The molecular weight excluding hydrogens is 293 g/mol. The largest absolute Gasteiger partial charge is 0.440 e. The third kappa shape index (κ3) is 3.58.